The third-order valence-corrected chi connectivity index (χ3v) is 3.24. The summed E-state index contributed by atoms with van der Waals surface area (Å²) < 4.78 is 4.27. The van der Waals surface area contributed by atoms with Crippen LogP contribution in [-0.4, -0.2) is 14.3 Å². The van der Waals surface area contributed by atoms with E-state index in [-0.39, 0.29) is 6.04 Å². The van der Waals surface area contributed by atoms with Gasteiger partial charge in [-0.1, -0.05) is 6.92 Å². The predicted molar refractivity (Wildman–Crippen MR) is 73.4 cm³/mol. The Morgan fingerprint density at radius 3 is 2.78 bits per heavy atom. The second-order valence-electron chi connectivity index (χ2n) is 4.65. The molecule has 0 spiro atoms. The summed E-state index contributed by atoms with van der Waals surface area (Å²) in [6.07, 6.45) is 3.06. The summed E-state index contributed by atoms with van der Waals surface area (Å²) in [6.45, 7) is 8.02. The van der Waals surface area contributed by atoms with Gasteiger partial charge in [0.1, 0.15) is 0 Å². The van der Waals surface area contributed by atoms with Crippen molar-refractivity contribution in [3.63, 3.8) is 0 Å². The SMILES string of the molecule is CCc1cc(Cn2cccc2C(C)N)n(CC)n1. The average Bonchev–Trinajstić information content (AvgIpc) is 2.95. The maximum atomic E-state index is 5.97. The largest absolute Gasteiger partial charge is 0.344 e. The van der Waals surface area contributed by atoms with Crippen LogP contribution in [0.3, 0.4) is 0 Å². The lowest BCUT2D eigenvalue weighted by Crippen LogP contribution is -2.14. The second kappa shape index (κ2) is 5.40. The molecule has 0 saturated carbocycles. The van der Waals surface area contributed by atoms with Crippen LogP contribution in [0.15, 0.2) is 24.4 Å². The topological polar surface area (TPSA) is 48.8 Å². The van der Waals surface area contributed by atoms with Gasteiger partial charge in [0.25, 0.3) is 0 Å². The second-order valence-corrected chi connectivity index (χ2v) is 4.65. The van der Waals surface area contributed by atoms with Crippen LogP contribution in [0, 0.1) is 0 Å². The van der Waals surface area contributed by atoms with E-state index < -0.39 is 0 Å². The summed E-state index contributed by atoms with van der Waals surface area (Å²) in [7, 11) is 0. The minimum absolute atomic E-state index is 0.0589. The van der Waals surface area contributed by atoms with Gasteiger partial charge in [0.2, 0.25) is 0 Å². The van der Waals surface area contributed by atoms with E-state index in [2.05, 4.69) is 46.5 Å². The number of aryl methyl sites for hydroxylation is 2. The van der Waals surface area contributed by atoms with E-state index >= 15 is 0 Å². The zero-order chi connectivity index (χ0) is 13.1. The van der Waals surface area contributed by atoms with E-state index in [4.69, 9.17) is 5.73 Å². The van der Waals surface area contributed by atoms with Crippen molar-refractivity contribution >= 4 is 0 Å². The first-order valence-corrected chi connectivity index (χ1v) is 6.61. The molecule has 2 aromatic heterocycles. The van der Waals surface area contributed by atoms with Crippen LogP contribution in [0.25, 0.3) is 0 Å². The Bertz CT molecular complexity index is 508. The van der Waals surface area contributed by atoms with Crippen LogP contribution in [0.4, 0.5) is 0 Å². The molecule has 0 aromatic carbocycles. The molecule has 0 radical (unpaired) electrons. The van der Waals surface area contributed by atoms with Gasteiger partial charge in [0.05, 0.1) is 17.9 Å². The normalized spacial score (nSPS) is 12.9. The number of rotatable bonds is 5. The van der Waals surface area contributed by atoms with Gasteiger partial charge < -0.3 is 10.3 Å². The summed E-state index contributed by atoms with van der Waals surface area (Å²) >= 11 is 0. The van der Waals surface area contributed by atoms with Crippen molar-refractivity contribution in [1.29, 1.82) is 0 Å². The highest BCUT2D eigenvalue weighted by Crippen LogP contribution is 2.14. The molecule has 1 unspecified atom stereocenters. The van der Waals surface area contributed by atoms with E-state index in [1.807, 2.05) is 13.0 Å². The standard InChI is InChI=1S/C14H22N4/c1-4-12-9-13(18(5-2)16-12)10-17-8-6-7-14(17)11(3)15/h6-9,11H,4-5,10,15H2,1-3H3. The van der Waals surface area contributed by atoms with Crippen molar-refractivity contribution in [3.05, 3.63) is 41.5 Å². The summed E-state index contributed by atoms with van der Waals surface area (Å²) in [5.74, 6) is 0. The maximum Gasteiger partial charge on any atom is 0.0642 e. The van der Waals surface area contributed by atoms with Gasteiger partial charge in [0, 0.05) is 24.5 Å². The Hall–Kier alpha value is -1.55. The van der Waals surface area contributed by atoms with Crippen LogP contribution in [0.1, 0.15) is 43.9 Å². The van der Waals surface area contributed by atoms with Crippen molar-refractivity contribution in [2.75, 3.05) is 0 Å². The number of hydrogen-bond donors (Lipinski definition) is 1. The molecule has 4 heteroatoms. The molecular weight excluding hydrogens is 224 g/mol. The molecule has 1 atom stereocenters. The van der Waals surface area contributed by atoms with Gasteiger partial charge >= 0.3 is 0 Å². The maximum absolute atomic E-state index is 5.97. The van der Waals surface area contributed by atoms with E-state index in [1.165, 1.54) is 5.69 Å². The summed E-state index contributed by atoms with van der Waals surface area (Å²) in [5, 5.41) is 4.57. The van der Waals surface area contributed by atoms with Crippen LogP contribution >= 0.6 is 0 Å². The molecule has 0 saturated heterocycles. The third-order valence-electron chi connectivity index (χ3n) is 3.24. The van der Waals surface area contributed by atoms with Gasteiger partial charge in [-0.15, -0.1) is 0 Å². The molecule has 18 heavy (non-hydrogen) atoms. The fourth-order valence-electron chi connectivity index (χ4n) is 2.25. The van der Waals surface area contributed by atoms with E-state index in [0.717, 1.165) is 30.9 Å². The van der Waals surface area contributed by atoms with Gasteiger partial charge in [-0.3, -0.25) is 4.68 Å². The van der Waals surface area contributed by atoms with Gasteiger partial charge in [0.15, 0.2) is 0 Å². The van der Waals surface area contributed by atoms with E-state index in [1.54, 1.807) is 0 Å². The smallest absolute Gasteiger partial charge is 0.0642 e. The third kappa shape index (κ3) is 2.48. The lowest BCUT2D eigenvalue weighted by Gasteiger charge is -2.12. The Kier molecular flexibility index (Phi) is 3.87. The summed E-state index contributed by atoms with van der Waals surface area (Å²) in [6, 6.07) is 6.38. The quantitative estimate of drug-likeness (QED) is 0.880. The molecule has 98 valence electrons. The number of nitrogens with two attached hydrogens (primary N) is 1. The molecule has 0 aliphatic carbocycles. The van der Waals surface area contributed by atoms with E-state index in [9.17, 15) is 0 Å². The predicted octanol–water partition coefficient (Wildman–Crippen LogP) is 2.33. The molecule has 2 aromatic rings. The molecule has 2 N–H and O–H groups in total. The van der Waals surface area contributed by atoms with Crippen molar-refractivity contribution in [1.82, 2.24) is 14.3 Å². The lowest BCUT2D eigenvalue weighted by molar-refractivity contribution is 0.581. The molecule has 0 amide bonds. The number of nitrogens with zero attached hydrogens (tertiary/aromatic N) is 3. The lowest BCUT2D eigenvalue weighted by atomic mass is 10.2. The van der Waals surface area contributed by atoms with Crippen molar-refractivity contribution < 1.29 is 0 Å². The average molecular weight is 246 g/mol. The first-order valence-electron chi connectivity index (χ1n) is 6.61. The van der Waals surface area contributed by atoms with Crippen LogP contribution in [0.2, 0.25) is 0 Å². The van der Waals surface area contributed by atoms with Crippen molar-refractivity contribution in [2.45, 2.75) is 46.3 Å². The summed E-state index contributed by atoms with van der Waals surface area (Å²) in [4.78, 5) is 0. The molecule has 2 rings (SSSR count). The molecule has 0 fully saturated rings. The molecule has 0 aliphatic heterocycles. The Balaban J connectivity index is 2.27. The first-order chi connectivity index (χ1) is 8.65. The zero-order valence-electron chi connectivity index (χ0n) is 11.4. The van der Waals surface area contributed by atoms with E-state index in [0.29, 0.717) is 0 Å². The molecule has 0 bridgehead atoms. The number of hydrogen-bond acceptors (Lipinski definition) is 2. The van der Waals surface area contributed by atoms with Crippen LogP contribution < -0.4 is 5.73 Å². The van der Waals surface area contributed by atoms with Crippen LogP contribution in [0.5, 0.6) is 0 Å². The van der Waals surface area contributed by atoms with Gasteiger partial charge in [-0.2, -0.15) is 5.10 Å². The van der Waals surface area contributed by atoms with Gasteiger partial charge in [-0.05, 0) is 38.5 Å². The van der Waals surface area contributed by atoms with Crippen LogP contribution in [-0.2, 0) is 19.5 Å². The van der Waals surface area contributed by atoms with Crippen molar-refractivity contribution in [3.8, 4) is 0 Å². The Morgan fingerprint density at radius 2 is 2.17 bits per heavy atom. The fraction of sp³-hybridized carbons (Fsp3) is 0.500. The highest BCUT2D eigenvalue weighted by molar-refractivity contribution is 5.16. The minimum Gasteiger partial charge on any atom is -0.344 e. The zero-order valence-corrected chi connectivity index (χ0v) is 11.4. The van der Waals surface area contributed by atoms with Gasteiger partial charge in [-0.25, -0.2) is 0 Å². The fourth-order valence-corrected chi connectivity index (χ4v) is 2.25. The number of aromatic nitrogens is 3. The Labute approximate surface area is 108 Å². The highest BCUT2D eigenvalue weighted by atomic mass is 15.3. The monoisotopic (exact) mass is 246 g/mol. The molecular formula is C14H22N4. The van der Waals surface area contributed by atoms with Crippen molar-refractivity contribution in [2.24, 2.45) is 5.73 Å². The molecule has 0 aliphatic rings. The Morgan fingerprint density at radius 1 is 1.39 bits per heavy atom. The minimum atomic E-state index is 0.0589. The molecule has 2 heterocycles. The highest BCUT2D eigenvalue weighted by Gasteiger charge is 2.10. The molecule has 4 nitrogen and oxygen atoms in total. The first kappa shape index (κ1) is 12.9. The summed E-state index contributed by atoms with van der Waals surface area (Å²) in [5.41, 5.74) is 9.53.